The predicted octanol–water partition coefficient (Wildman–Crippen LogP) is 0.782. The second kappa shape index (κ2) is 5.27. The summed E-state index contributed by atoms with van der Waals surface area (Å²) in [5, 5.41) is 9.86. The van der Waals surface area contributed by atoms with Gasteiger partial charge in [-0.1, -0.05) is 19.9 Å². The molecule has 0 aromatic heterocycles. The Balaban J connectivity index is 3.06. The highest BCUT2D eigenvalue weighted by Gasteiger charge is 2.36. The molecule has 1 amide bonds. The van der Waals surface area contributed by atoms with E-state index in [0.29, 0.717) is 11.3 Å². The quantitative estimate of drug-likeness (QED) is 0.721. The van der Waals surface area contributed by atoms with Crippen LogP contribution in [0.15, 0.2) is 18.2 Å². The first kappa shape index (κ1) is 14.3. The van der Waals surface area contributed by atoms with Crippen molar-refractivity contribution in [2.24, 2.45) is 17.4 Å². The largest absolute Gasteiger partial charge is 0.508 e. The summed E-state index contributed by atoms with van der Waals surface area (Å²) in [5.41, 5.74) is 10.8. The molecule has 0 bridgehead atoms. The molecule has 0 aliphatic rings. The van der Waals surface area contributed by atoms with Gasteiger partial charge < -0.3 is 21.3 Å². The molecule has 0 aliphatic carbocycles. The topological polar surface area (TPSA) is 98.6 Å². The van der Waals surface area contributed by atoms with E-state index in [0.717, 1.165) is 0 Å². The van der Waals surface area contributed by atoms with Crippen LogP contribution in [0.2, 0.25) is 0 Å². The molecule has 100 valence electrons. The molecule has 0 spiro atoms. The lowest BCUT2D eigenvalue weighted by molar-refractivity contribution is -0.124. The van der Waals surface area contributed by atoms with Gasteiger partial charge in [0.15, 0.2) is 0 Å². The van der Waals surface area contributed by atoms with E-state index in [1.807, 2.05) is 13.8 Å². The fourth-order valence-corrected chi connectivity index (χ4v) is 1.71. The van der Waals surface area contributed by atoms with Gasteiger partial charge in [-0.25, -0.2) is 0 Å². The van der Waals surface area contributed by atoms with Crippen LogP contribution in [0.5, 0.6) is 11.5 Å². The van der Waals surface area contributed by atoms with Gasteiger partial charge in [-0.2, -0.15) is 0 Å². The summed E-state index contributed by atoms with van der Waals surface area (Å²) in [6, 6.07) is 4.87. The number of phenolic OH excluding ortho intramolecular Hbond substituents is 1. The Bertz CT molecular complexity index is 446. The van der Waals surface area contributed by atoms with Crippen molar-refractivity contribution in [2.75, 3.05) is 7.11 Å². The van der Waals surface area contributed by atoms with Crippen LogP contribution in [-0.2, 0) is 11.2 Å². The second-order valence-electron chi connectivity index (χ2n) is 4.73. The molecule has 5 N–H and O–H groups in total. The number of rotatable bonds is 5. The van der Waals surface area contributed by atoms with Gasteiger partial charge in [0.25, 0.3) is 0 Å². The van der Waals surface area contributed by atoms with Crippen molar-refractivity contribution in [1.29, 1.82) is 0 Å². The van der Waals surface area contributed by atoms with E-state index >= 15 is 0 Å². The molecule has 1 aromatic rings. The summed E-state index contributed by atoms with van der Waals surface area (Å²) in [4.78, 5) is 11.5. The van der Waals surface area contributed by atoms with Crippen molar-refractivity contribution in [3.05, 3.63) is 23.8 Å². The minimum Gasteiger partial charge on any atom is -0.508 e. The third kappa shape index (κ3) is 2.73. The summed E-state index contributed by atoms with van der Waals surface area (Å²) < 4.78 is 4.99. The minimum atomic E-state index is -1.17. The third-order valence-corrected chi connectivity index (χ3v) is 3.26. The monoisotopic (exact) mass is 252 g/mol. The zero-order valence-electron chi connectivity index (χ0n) is 10.9. The lowest BCUT2D eigenvalue weighted by Crippen LogP contribution is -2.57. The van der Waals surface area contributed by atoms with E-state index in [4.69, 9.17) is 16.2 Å². The molecule has 0 fully saturated rings. The maximum absolute atomic E-state index is 11.5. The number of ether oxygens (including phenoxy) is 1. The number of aromatic hydroxyl groups is 1. The highest BCUT2D eigenvalue weighted by Crippen LogP contribution is 2.28. The lowest BCUT2D eigenvalue weighted by Gasteiger charge is -2.30. The Labute approximate surface area is 107 Å². The van der Waals surface area contributed by atoms with Crippen LogP contribution in [0.3, 0.4) is 0 Å². The van der Waals surface area contributed by atoms with Crippen LogP contribution in [0.1, 0.15) is 19.4 Å². The molecule has 1 unspecified atom stereocenters. The summed E-state index contributed by atoms with van der Waals surface area (Å²) in [6.45, 7) is 3.65. The van der Waals surface area contributed by atoms with Gasteiger partial charge in [0.2, 0.25) is 5.91 Å². The predicted molar refractivity (Wildman–Crippen MR) is 69.3 cm³/mol. The van der Waals surface area contributed by atoms with Crippen molar-refractivity contribution in [2.45, 2.75) is 25.8 Å². The molecule has 1 atom stereocenters. The molecular weight excluding hydrogens is 232 g/mol. The van der Waals surface area contributed by atoms with Gasteiger partial charge in [-0.3, -0.25) is 4.79 Å². The number of primary amides is 1. The van der Waals surface area contributed by atoms with Gasteiger partial charge in [-0.05, 0) is 17.5 Å². The van der Waals surface area contributed by atoms with Crippen LogP contribution in [0.25, 0.3) is 0 Å². The van der Waals surface area contributed by atoms with Crippen LogP contribution in [0.4, 0.5) is 0 Å². The van der Waals surface area contributed by atoms with Crippen LogP contribution in [0, 0.1) is 5.92 Å². The first-order valence-corrected chi connectivity index (χ1v) is 5.76. The highest BCUT2D eigenvalue weighted by atomic mass is 16.5. The second-order valence-corrected chi connectivity index (χ2v) is 4.73. The molecule has 0 radical (unpaired) electrons. The van der Waals surface area contributed by atoms with Crippen LogP contribution in [-0.4, -0.2) is 23.7 Å². The number of hydrogen-bond donors (Lipinski definition) is 3. The highest BCUT2D eigenvalue weighted by molar-refractivity contribution is 5.85. The number of nitrogens with two attached hydrogens (primary N) is 2. The normalized spacial score (nSPS) is 14.3. The van der Waals surface area contributed by atoms with Crippen molar-refractivity contribution in [3.8, 4) is 11.5 Å². The molecule has 5 nitrogen and oxygen atoms in total. The Kier molecular flexibility index (Phi) is 4.19. The third-order valence-electron chi connectivity index (χ3n) is 3.26. The van der Waals surface area contributed by atoms with Crippen molar-refractivity contribution in [3.63, 3.8) is 0 Å². The fourth-order valence-electron chi connectivity index (χ4n) is 1.71. The minimum absolute atomic E-state index is 0.0473. The van der Waals surface area contributed by atoms with E-state index in [1.165, 1.54) is 13.2 Å². The van der Waals surface area contributed by atoms with Gasteiger partial charge >= 0.3 is 0 Å². The number of methoxy groups -OCH3 is 1. The number of benzene rings is 1. The molecule has 0 saturated carbocycles. The standard InChI is InChI=1S/C13H20N2O3/c1-8(2)13(15,12(14)17)7-9-4-5-10(18-3)6-11(9)16/h4-6,8,16H,7,15H2,1-3H3,(H2,14,17). The van der Waals surface area contributed by atoms with E-state index in [9.17, 15) is 9.90 Å². The number of carbonyl (C=O) groups is 1. The first-order valence-electron chi connectivity index (χ1n) is 5.76. The van der Waals surface area contributed by atoms with E-state index in [2.05, 4.69) is 0 Å². The molecule has 18 heavy (non-hydrogen) atoms. The van der Waals surface area contributed by atoms with Crippen molar-refractivity contribution < 1.29 is 14.6 Å². The van der Waals surface area contributed by atoms with Gasteiger partial charge in [0.1, 0.15) is 17.0 Å². The zero-order chi connectivity index (χ0) is 13.9. The average Bonchev–Trinajstić information content (AvgIpc) is 2.30. The van der Waals surface area contributed by atoms with E-state index in [1.54, 1.807) is 12.1 Å². The number of hydrogen-bond acceptors (Lipinski definition) is 4. The van der Waals surface area contributed by atoms with Gasteiger partial charge in [0.05, 0.1) is 7.11 Å². The maximum Gasteiger partial charge on any atom is 0.238 e. The molecular formula is C13H20N2O3. The molecule has 5 heteroatoms. The number of carbonyl (C=O) groups excluding carboxylic acids is 1. The molecule has 0 aliphatic heterocycles. The van der Waals surface area contributed by atoms with E-state index in [-0.39, 0.29) is 18.1 Å². The maximum atomic E-state index is 11.5. The van der Waals surface area contributed by atoms with Gasteiger partial charge in [0, 0.05) is 12.5 Å². The number of phenols is 1. The van der Waals surface area contributed by atoms with E-state index < -0.39 is 11.4 Å². The molecule has 1 aromatic carbocycles. The Hall–Kier alpha value is -1.75. The first-order chi connectivity index (χ1) is 8.31. The van der Waals surface area contributed by atoms with Crippen molar-refractivity contribution in [1.82, 2.24) is 0 Å². The Morgan fingerprint density at radius 3 is 2.50 bits per heavy atom. The molecule has 0 heterocycles. The SMILES string of the molecule is COc1ccc(CC(N)(C(N)=O)C(C)C)c(O)c1. The van der Waals surface area contributed by atoms with Crippen LogP contribution >= 0.6 is 0 Å². The summed E-state index contributed by atoms with van der Waals surface area (Å²) >= 11 is 0. The zero-order valence-corrected chi connectivity index (χ0v) is 10.9. The fraction of sp³-hybridized carbons (Fsp3) is 0.462. The average molecular weight is 252 g/mol. The van der Waals surface area contributed by atoms with Crippen molar-refractivity contribution >= 4 is 5.91 Å². The smallest absolute Gasteiger partial charge is 0.238 e. The summed E-state index contributed by atoms with van der Waals surface area (Å²) in [6.07, 6.45) is 0.190. The summed E-state index contributed by atoms with van der Waals surface area (Å²) in [7, 11) is 1.51. The Morgan fingerprint density at radius 2 is 2.11 bits per heavy atom. The lowest BCUT2D eigenvalue weighted by atomic mass is 9.81. The Morgan fingerprint density at radius 1 is 1.50 bits per heavy atom. The molecule has 1 rings (SSSR count). The summed E-state index contributed by atoms with van der Waals surface area (Å²) in [5.74, 6) is -0.113. The van der Waals surface area contributed by atoms with Gasteiger partial charge in [-0.15, -0.1) is 0 Å². The van der Waals surface area contributed by atoms with Crippen LogP contribution < -0.4 is 16.2 Å². The number of amides is 1. The molecule has 0 saturated heterocycles.